The molecule has 2 aliphatic carbocycles. The van der Waals surface area contributed by atoms with Crippen molar-refractivity contribution in [1.82, 2.24) is 5.32 Å². The van der Waals surface area contributed by atoms with Gasteiger partial charge in [0, 0.05) is 18.6 Å². The minimum absolute atomic E-state index is 0.208. The summed E-state index contributed by atoms with van der Waals surface area (Å²) in [6, 6.07) is 0. The molecule has 2 saturated carbocycles. The molecule has 0 aliphatic heterocycles. The molecule has 2 heteroatoms. The van der Waals surface area contributed by atoms with Crippen LogP contribution in [0.25, 0.3) is 0 Å². The van der Waals surface area contributed by atoms with E-state index in [-0.39, 0.29) is 5.41 Å². The summed E-state index contributed by atoms with van der Waals surface area (Å²) >= 11 is 0. The molecule has 2 fully saturated rings. The first kappa shape index (κ1) is 15.3. The molecular weight excluding hydrogens is 234 g/mol. The molecule has 0 amide bonds. The van der Waals surface area contributed by atoms with Crippen molar-refractivity contribution in [3.05, 3.63) is 0 Å². The molecule has 0 aromatic heterocycles. The van der Waals surface area contributed by atoms with Gasteiger partial charge in [0.15, 0.2) is 0 Å². The summed E-state index contributed by atoms with van der Waals surface area (Å²) in [5.41, 5.74) is 0.208. The van der Waals surface area contributed by atoms with E-state index in [2.05, 4.69) is 12.2 Å². The lowest BCUT2D eigenvalue weighted by Gasteiger charge is -2.36. The molecule has 112 valence electrons. The van der Waals surface area contributed by atoms with Gasteiger partial charge in [-0.3, -0.25) is 0 Å². The second kappa shape index (κ2) is 7.64. The summed E-state index contributed by atoms with van der Waals surface area (Å²) < 4.78 is 0. The van der Waals surface area contributed by atoms with Gasteiger partial charge in [-0.15, -0.1) is 0 Å². The van der Waals surface area contributed by atoms with Gasteiger partial charge >= 0.3 is 0 Å². The van der Waals surface area contributed by atoms with E-state index in [0.29, 0.717) is 6.61 Å². The van der Waals surface area contributed by atoms with E-state index in [4.69, 9.17) is 0 Å². The predicted molar refractivity (Wildman–Crippen MR) is 81.2 cm³/mol. The summed E-state index contributed by atoms with van der Waals surface area (Å²) in [6.07, 6.45) is 13.5. The molecule has 19 heavy (non-hydrogen) atoms. The standard InChI is InChI=1S/C17H33NO/c1-15-5-7-16(8-6-15)9-12-18-13-17(14-19)10-3-2-4-11-17/h15-16,18-19H,2-14H2,1H3. The highest BCUT2D eigenvalue weighted by molar-refractivity contribution is 4.84. The van der Waals surface area contributed by atoms with Gasteiger partial charge in [0.1, 0.15) is 0 Å². The van der Waals surface area contributed by atoms with E-state index in [1.54, 1.807) is 0 Å². The molecule has 0 bridgehead atoms. The molecule has 0 aromatic carbocycles. The van der Waals surface area contributed by atoms with Crippen molar-refractivity contribution in [2.75, 3.05) is 19.7 Å². The third-order valence-corrected chi connectivity index (χ3v) is 5.61. The van der Waals surface area contributed by atoms with Gasteiger partial charge in [-0.2, -0.15) is 0 Å². The molecule has 0 unspecified atom stereocenters. The molecule has 0 saturated heterocycles. The number of hydrogen-bond acceptors (Lipinski definition) is 2. The van der Waals surface area contributed by atoms with Crippen molar-refractivity contribution >= 4 is 0 Å². The van der Waals surface area contributed by atoms with Crippen molar-refractivity contribution < 1.29 is 5.11 Å². The topological polar surface area (TPSA) is 32.3 Å². The first-order valence-corrected chi connectivity index (χ1v) is 8.56. The number of hydrogen-bond donors (Lipinski definition) is 2. The minimum atomic E-state index is 0.208. The van der Waals surface area contributed by atoms with Crippen LogP contribution < -0.4 is 5.32 Å². The lowest BCUT2D eigenvalue weighted by Crippen LogP contribution is -2.39. The Kier molecular flexibility index (Phi) is 6.15. The fourth-order valence-electron chi connectivity index (χ4n) is 3.97. The highest BCUT2D eigenvalue weighted by atomic mass is 16.3. The van der Waals surface area contributed by atoms with Crippen LogP contribution in [0.5, 0.6) is 0 Å². The van der Waals surface area contributed by atoms with E-state index in [0.717, 1.165) is 24.9 Å². The molecule has 0 radical (unpaired) electrons. The highest BCUT2D eigenvalue weighted by Gasteiger charge is 2.30. The van der Waals surface area contributed by atoms with Crippen molar-refractivity contribution in [3.63, 3.8) is 0 Å². The lowest BCUT2D eigenvalue weighted by atomic mass is 9.74. The number of aliphatic hydroxyl groups is 1. The normalized spacial score (nSPS) is 31.3. The van der Waals surface area contributed by atoms with Crippen LogP contribution >= 0.6 is 0 Å². The zero-order chi connectivity index (χ0) is 13.6. The Morgan fingerprint density at radius 1 is 1.05 bits per heavy atom. The molecule has 2 rings (SSSR count). The van der Waals surface area contributed by atoms with Crippen LogP contribution in [0.1, 0.15) is 71.1 Å². The number of aliphatic hydroxyl groups excluding tert-OH is 1. The van der Waals surface area contributed by atoms with Crippen LogP contribution in [0.15, 0.2) is 0 Å². The quantitative estimate of drug-likeness (QED) is 0.719. The van der Waals surface area contributed by atoms with Gasteiger partial charge in [-0.1, -0.05) is 51.9 Å². The summed E-state index contributed by atoms with van der Waals surface area (Å²) in [4.78, 5) is 0. The van der Waals surface area contributed by atoms with Gasteiger partial charge in [-0.25, -0.2) is 0 Å². The smallest absolute Gasteiger partial charge is 0.0499 e. The second-order valence-corrected chi connectivity index (χ2v) is 7.31. The van der Waals surface area contributed by atoms with Gasteiger partial charge in [0.05, 0.1) is 0 Å². The maximum atomic E-state index is 9.68. The average Bonchev–Trinajstić information content (AvgIpc) is 2.46. The van der Waals surface area contributed by atoms with Gasteiger partial charge in [0.2, 0.25) is 0 Å². The summed E-state index contributed by atoms with van der Waals surface area (Å²) in [5.74, 6) is 1.92. The fraction of sp³-hybridized carbons (Fsp3) is 1.00. The van der Waals surface area contributed by atoms with Gasteiger partial charge in [0.25, 0.3) is 0 Å². The first-order valence-electron chi connectivity index (χ1n) is 8.56. The zero-order valence-corrected chi connectivity index (χ0v) is 12.8. The van der Waals surface area contributed by atoms with E-state index in [9.17, 15) is 5.11 Å². The fourth-order valence-corrected chi connectivity index (χ4v) is 3.97. The molecule has 0 aromatic rings. The van der Waals surface area contributed by atoms with Crippen LogP contribution in [-0.4, -0.2) is 24.8 Å². The molecular formula is C17H33NO. The van der Waals surface area contributed by atoms with Crippen LogP contribution in [0, 0.1) is 17.3 Å². The Hall–Kier alpha value is -0.0800. The third-order valence-electron chi connectivity index (χ3n) is 5.61. The SMILES string of the molecule is CC1CCC(CCNCC2(CO)CCCCC2)CC1. The summed E-state index contributed by atoms with van der Waals surface area (Å²) in [5, 5.41) is 13.3. The molecule has 0 atom stereocenters. The Balaban J connectivity index is 1.60. The van der Waals surface area contributed by atoms with Crippen LogP contribution in [-0.2, 0) is 0 Å². The Morgan fingerprint density at radius 3 is 2.37 bits per heavy atom. The monoisotopic (exact) mass is 267 g/mol. The summed E-state index contributed by atoms with van der Waals surface area (Å²) in [7, 11) is 0. The minimum Gasteiger partial charge on any atom is -0.396 e. The van der Waals surface area contributed by atoms with E-state index < -0.39 is 0 Å². The van der Waals surface area contributed by atoms with Crippen LogP contribution in [0.2, 0.25) is 0 Å². The first-order chi connectivity index (χ1) is 9.24. The van der Waals surface area contributed by atoms with Gasteiger partial charge in [-0.05, 0) is 37.6 Å². The van der Waals surface area contributed by atoms with E-state index in [1.807, 2.05) is 0 Å². The molecule has 2 N–H and O–H groups in total. The van der Waals surface area contributed by atoms with Crippen LogP contribution in [0.4, 0.5) is 0 Å². The van der Waals surface area contributed by atoms with E-state index in [1.165, 1.54) is 64.2 Å². The van der Waals surface area contributed by atoms with Crippen molar-refractivity contribution in [2.45, 2.75) is 71.1 Å². The Labute approximate surface area is 119 Å². The van der Waals surface area contributed by atoms with Crippen molar-refractivity contribution in [3.8, 4) is 0 Å². The zero-order valence-electron chi connectivity index (χ0n) is 12.8. The summed E-state index contributed by atoms with van der Waals surface area (Å²) in [6.45, 7) is 4.96. The second-order valence-electron chi connectivity index (χ2n) is 7.31. The highest BCUT2D eigenvalue weighted by Crippen LogP contribution is 2.35. The van der Waals surface area contributed by atoms with Gasteiger partial charge < -0.3 is 10.4 Å². The number of rotatable bonds is 6. The van der Waals surface area contributed by atoms with Crippen LogP contribution in [0.3, 0.4) is 0 Å². The Morgan fingerprint density at radius 2 is 1.74 bits per heavy atom. The maximum Gasteiger partial charge on any atom is 0.0499 e. The maximum absolute atomic E-state index is 9.68. The lowest BCUT2D eigenvalue weighted by molar-refractivity contribution is 0.0809. The molecule has 2 aliphatic rings. The predicted octanol–water partition coefficient (Wildman–Crippen LogP) is 3.74. The van der Waals surface area contributed by atoms with Crippen molar-refractivity contribution in [1.29, 1.82) is 0 Å². The average molecular weight is 267 g/mol. The third kappa shape index (κ3) is 4.75. The molecule has 0 heterocycles. The molecule has 0 spiro atoms. The molecule has 2 nitrogen and oxygen atoms in total. The Bertz CT molecular complexity index is 240. The number of nitrogens with one attached hydrogen (secondary N) is 1. The van der Waals surface area contributed by atoms with Crippen molar-refractivity contribution in [2.24, 2.45) is 17.3 Å². The van der Waals surface area contributed by atoms with E-state index >= 15 is 0 Å². The largest absolute Gasteiger partial charge is 0.396 e.